The monoisotopic (exact) mass is 324 g/mol. The first-order valence-corrected chi connectivity index (χ1v) is 7.20. The molecule has 0 spiro atoms. The van der Waals surface area contributed by atoms with Gasteiger partial charge in [-0.3, -0.25) is 4.79 Å². The highest BCUT2D eigenvalue weighted by atomic mass is 16.5. The second kappa shape index (κ2) is 7.79. The Bertz CT molecular complexity index is 761. The number of nitrogens with zero attached hydrogens (tertiary/aromatic N) is 1. The molecule has 2 N–H and O–H groups in total. The average Bonchev–Trinajstić information content (AvgIpc) is 2.61. The summed E-state index contributed by atoms with van der Waals surface area (Å²) in [7, 11) is 1.25. The van der Waals surface area contributed by atoms with Crippen molar-refractivity contribution in [3.8, 4) is 11.8 Å². The summed E-state index contributed by atoms with van der Waals surface area (Å²) < 4.78 is 4.74. The number of aromatic hydroxyl groups is 1. The molecule has 0 saturated heterocycles. The molecular weight excluding hydrogens is 308 g/mol. The van der Waals surface area contributed by atoms with Crippen LogP contribution in [0.2, 0.25) is 0 Å². The Morgan fingerprint density at radius 1 is 1.17 bits per heavy atom. The van der Waals surface area contributed by atoms with Crippen LogP contribution >= 0.6 is 0 Å². The van der Waals surface area contributed by atoms with Crippen molar-refractivity contribution in [3.05, 3.63) is 65.2 Å². The molecule has 0 aliphatic heterocycles. The van der Waals surface area contributed by atoms with E-state index in [-0.39, 0.29) is 12.2 Å². The number of ether oxygens (including phenoxy) is 1. The van der Waals surface area contributed by atoms with E-state index in [9.17, 15) is 14.7 Å². The molecule has 0 heterocycles. The number of hydrogen-bond acceptors (Lipinski definition) is 5. The molecule has 0 saturated carbocycles. The Balaban J connectivity index is 2.12. The predicted molar refractivity (Wildman–Crippen MR) is 86.2 cm³/mol. The molecule has 0 aliphatic carbocycles. The number of hydrogen-bond donors (Lipinski definition) is 2. The molecule has 2 rings (SSSR count). The van der Waals surface area contributed by atoms with Gasteiger partial charge in [0.1, 0.15) is 11.8 Å². The first-order chi connectivity index (χ1) is 11.5. The van der Waals surface area contributed by atoms with Crippen LogP contribution < -0.4 is 5.32 Å². The van der Waals surface area contributed by atoms with Crippen molar-refractivity contribution in [2.75, 3.05) is 7.11 Å². The van der Waals surface area contributed by atoms with Crippen molar-refractivity contribution in [1.29, 1.82) is 5.26 Å². The number of amides is 1. The Hall–Kier alpha value is -3.33. The van der Waals surface area contributed by atoms with Crippen LogP contribution in [-0.4, -0.2) is 30.1 Å². The van der Waals surface area contributed by atoms with Crippen molar-refractivity contribution in [2.45, 2.75) is 12.5 Å². The lowest BCUT2D eigenvalue weighted by Gasteiger charge is -2.16. The van der Waals surface area contributed by atoms with Crippen molar-refractivity contribution in [1.82, 2.24) is 5.32 Å². The van der Waals surface area contributed by atoms with Crippen molar-refractivity contribution < 1.29 is 19.4 Å². The van der Waals surface area contributed by atoms with Crippen molar-refractivity contribution in [3.63, 3.8) is 0 Å². The topological polar surface area (TPSA) is 99.4 Å². The summed E-state index contributed by atoms with van der Waals surface area (Å²) >= 11 is 0. The minimum absolute atomic E-state index is 0.0497. The zero-order valence-corrected chi connectivity index (χ0v) is 13.0. The zero-order chi connectivity index (χ0) is 17.5. The molecule has 0 aromatic heterocycles. The van der Waals surface area contributed by atoms with Crippen LogP contribution in [0.1, 0.15) is 21.5 Å². The lowest BCUT2D eigenvalue weighted by atomic mass is 10.0. The number of phenolic OH excluding ortho intramolecular Hbond substituents is 1. The van der Waals surface area contributed by atoms with Gasteiger partial charge in [0.05, 0.1) is 18.7 Å². The number of carbonyl (C=O) groups excluding carboxylic acids is 2. The Labute approximate surface area is 139 Å². The largest absolute Gasteiger partial charge is 0.508 e. The number of esters is 1. The molecule has 0 bridgehead atoms. The number of rotatable bonds is 5. The van der Waals surface area contributed by atoms with Gasteiger partial charge in [0.2, 0.25) is 0 Å². The smallest absolute Gasteiger partial charge is 0.328 e. The molecular formula is C18H16N2O4. The fraction of sp³-hybridized carbons (Fsp3) is 0.167. The van der Waals surface area contributed by atoms with Gasteiger partial charge in [-0.15, -0.1) is 0 Å². The minimum Gasteiger partial charge on any atom is -0.508 e. The quantitative estimate of drug-likeness (QED) is 0.817. The van der Waals surface area contributed by atoms with E-state index in [4.69, 9.17) is 10.00 Å². The maximum atomic E-state index is 12.2. The third kappa shape index (κ3) is 4.34. The first-order valence-electron chi connectivity index (χ1n) is 7.20. The van der Waals surface area contributed by atoms with Crippen LogP contribution in [0.15, 0.2) is 48.5 Å². The van der Waals surface area contributed by atoms with E-state index in [0.717, 1.165) is 5.56 Å². The van der Waals surface area contributed by atoms with Gasteiger partial charge in [-0.25, -0.2) is 4.79 Å². The van der Waals surface area contributed by atoms with Gasteiger partial charge in [0.15, 0.2) is 0 Å². The van der Waals surface area contributed by atoms with Gasteiger partial charge in [-0.1, -0.05) is 12.1 Å². The summed E-state index contributed by atoms with van der Waals surface area (Å²) in [4.78, 5) is 24.2. The van der Waals surface area contributed by atoms with Gasteiger partial charge < -0.3 is 15.2 Å². The number of phenols is 1. The molecule has 2 aromatic carbocycles. The molecule has 122 valence electrons. The summed E-state index contributed by atoms with van der Waals surface area (Å²) in [6, 6.07) is 13.6. The maximum Gasteiger partial charge on any atom is 0.328 e. The van der Waals surface area contributed by atoms with E-state index in [1.54, 1.807) is 24.3 Å². The molecule has 0 radical (unpaired) electrons. The summed E-state index contributed by atoms with van der Waals surface area (Å²) in [6.07, 6.45) is 0.238. The second-order valence-corrected chi connectivity index (χ2v) is 5.11. The van der Waals surface area contributed by atoms with Gasteiger partial charge in [0.25, 0.3) is 5.91 Å². The summed E-state index contributed by atoms with van der Waals surface area (Å²) in [5.74, 6) is -0.959. The Morgan fingerprint density at radius 3 is 2.33 bits per heavy atom. The van der Waals surface area contributed by atoms with E-state index >= 15 is 0 Å². The molecule has 1 atom stereocenters. The van der Waals surface area contributed by atoms with Crippen LogP contribution in [0.4, 0.5) is 0 Å². The molecule has 6 heteroatoms. The molecule has 2 aromatic rings. The fourth-order valence-corrected chi connectivity index (χ4v) is 2.14. The highest BCUT2D eigenvalue weighted by Crippen LogP contribution is 2.11. The standard InChI is InChI=1S/C18H16N2O4/c1-24-18(23)16(10-12-2-4-13(11-19)5-3-12)20-17(22)14-6-8-15(21)9-7-14/h2-9,16,21H,10H2,1H3,(H,20,22)/t16-/m0/s1. The second-order valence-electron chi connectivity index (χ2n) is 5.11. The van der Waals surface area contributed by atoms with Crippen LogP contribution in [0.5, 0.6) is 5.75 Å². The normalized spacial score (nSPS) is 11.2. The van der Waals surface area contributed by atoms with E-state index < -0.39 is 17.9 Å². The third-order valence-corrected chi connectivity index (χ3v) is 3.44. The van der Waals surface area contributed by atoms with E-state index in [2.05, 4.69) is 5.32 Å². The van der Waals surface area contributed by atoms with Crippen molar-refractivity contribution >= 4 is 11.9 Å². The molecule has 0 fully saturated rings. The first kappa shape index (κ1) is 17.0. The lowest BCUT2D eigenvalue weighted by molar-refractivity contribution is -0.142. The summed E-state index contributed by atoms with van der Waals surface area (Å²) in [5.41, 5.74) is 1.62. The van der Waals surface area contributed by atoms with Crippen LogP contribution in [-0.2, 0) is 16.0 Å². The number of methoxy groups -OCH3 is 1. The predicted octanol–water partition coefficient (Wildman–Crippen LogP) is 1.78. The highest BCUT2D eigenvalue weighted by Gasteiger charge is 2.22. The Kier molecular flexibility index (Phi) is 5.53. The van der Waals surface area contributed by atoms with E-state index in [1.165, 1.54) is 31.4 Å². The van der Waals surface area contributed by atoms with Gasteiger partial charge in [-0.2, -0.15) is 5.26 Å². The van der Waals surface area contributed by atoms with Crippen molar-refractivity contribution in [2.24, 2.45) is 0 Å². The molecule has 1 amide bonds. The SMILES string of the molecule is COC(=O)[C@H](Cc1ccc(C#N)cc1)NC(=O)c1ccc(O)cc1. The van der Waals surface area contributed by atoms with Crippen LogP contribution in [0.25, 0.3) is 0 Å². The summed E-state index contributed by atoms with van der Waals surface area (Å²) in [6.45, 7) is 0. The lowest BCUT2D eigenvalue weighted by Crippen LogP contribution is -2.43. The average molecular weight is 324 g/mol. The molecule has 0 unspecified atom stereocenters. The maximum absolute atomic E-state index is 12.2. The molecule has 0 aliphatic rings. The van der Waals surface area contributed by atoms with Gasteiger partial charge in [0, 0.05) is 12.0 Å². The fourth-order valence-electron chi connectivity index (χ4n) is 2.14. The van der Waals surface area contributed by atoms with E-state index in [0.29, 0.717) is 11.1 Å². The number of nitrogens with one attached hydrogen (secondary N) is 1. The Morgan fingerprint density at radius 2 is 1.79 bits per heavy atom. The third-order valence-electron chi connectivity index (χ3n) is 3.44. The number of carbonyl (C=O) groups is 2. The molecule has 24 heavy (non-hydrogen) atoms. The highest BCUT2D eigenvalue weighted by molar-refractivity contribution is 5.96. The van der Waals surface area contributed by atoms with Crippen LogP contribution in [0, 0.1) is 11.3 Å². The summed E-state index contributed by atoms with van der Waals surface area (Å²) in [5, 5.41) is 20.7. The number of benzene rings is 2. The minimum atomic E-state index is -0.857. The zero-order valence-electron chi connectivity index (χ0n) is 13.0. The van der Waals surface area contributed by atoms with Crippen LogP contribution in [0.3, 0.4) is 0 Å². The number of nitriles is 1. The van der Waals surface area contributed by atoms with Gasteiger partial charge >= 0.3 is 5.97 Å². The molecule has 6 nitrogen and oxygen atoms in total. The van der Waals surface area contributed by atoms with E-state index in [1.807, 2.05) is 6.07 Å². The van der Waals surface area contributed by atoms with Gasteiger partial charge in [-0.05, 0) is 42.0 Å².